The van der Waals surface area contributed by atoms with Crippen molar-refractivity contribution in [2.24, 2.45) is 5.10 Å². The van der Waals surface area contributed by atoms with Gasteiger partial charge in [-0.2, -0.15) is 5.10 Å². The van der Waals surface area contributed by atoms with Gasteiger partial charge in [-0.3, -0.25) is 19.7 Å². The Morgan fingerprint density at radius 3 is 2.36 bits per heavy atom. The standard InChI is InChI=1S/C25H24N4O7/c1-17-7-10-19(11-8-17)27-24(30)15-36-22-12-9-18(13-23(22)34-2)14-26-28-25(31)16-35-21-6-4-3-5-20(21)29(32)33/h3-14H,15-16H2,1-2H3,(H,27,30)(H,28,31)/b26-14-. The number of ether oxygens (including phenoxy) is 3. The minimum Gasteiger partial charge on any atom is -0.493 e. The van der Waals surface area contributed by atoms with Crippen molar-refractivity contribution in [3.63, 3.8) is 0 Å². The maximum absolute atomic E-state index is 12.2. The maximum atomic E-state index is 12.2. The molecule has 0 fully saturated rings. The number of nitro groups is 1. The van der Waals surface area contributed by atoms with E-state index in [9.17, 15) is 19.7 Å². The molecule has 0 aliphatic heterocycles. The van der Waals surface area contributed by atoms with Crippen molar-refractivity contribution in [3.8, 4) is 17.2 Å². The molecule has 0 saturated heterocycles. The molecule has 0 saturated carbocycles. The van der Waals surface area contributed by atoms with Crippen molar-refractivity contribution in [3.05, 3.63) is 88.0 Å². The number of hydrazone groups is 1. The Hall–Kier alpha value is -4.93. The second-order valence-corrected chi connectivity index (χ2v) is 7.42. The first kappa shape index (κ1) is 25.7. The third-order valence-electron chi connectivity index (χ3n) is 4.71. The summed E-state index contributed by atoms with van der Waals surface area (Å²) in [7, 11) is 1.46. The van der Waals surface area contributed by atoms with Gasteiger partial charge < -0.3 is 19.5 Å². The summed E-state index contributed by atoms with van der Waals surface area (Å²) in [6.45, 7) is 1.29. The largest absolute Gasteiger partial charge is 0.493 e. The molecule has 0 bridgehead atoms. The highest BCUT2D eigenvalue weighted by Gasteiger charge is 2.14. The molecule has 3 aromatic rings. The van der Waals surface area contributed by atoms with E-state index < -0.39 is 17.4 Å². The molecule has 3 rings (SSSR count). The molecule has 2 amide bonds. The number of hydrogen-bond donors (Lipinski definition) is 2. The van der Waals surface area contributed by atoms with E-state index in [0.29, 0.717) is 22.7 Å². The van der Waals surface area contributed by atoms with Gasteiger partial charge in [0, 0.05) is 11.8 Å². The second-order valence-electron chi connectivity index (χ2n) is 7.42. The lowest BCUT2D eigenvalue weighted by Gasteiger charge is -2.11. The average Bonchev–Trinajstić information content (AvgIpc) is 2.88. The Bertz CT molecular complexity index is 1260. The van der Waals surface area contributed by atoms with Crippen LogP contribution in [0.2, 0.25) is 0 Å². The first-order valence-corrected chi connectivity index (χ1v) is 10.7. The van der Waals surface area contributed by atoms with Gasteiger partial charge in [0.2, 0.25) is 0 Å². The van der Waals surface area contributed by atoms with Crippen molar-refractivity contribution in [2.75, 3.05) is 25.6 Å². The zero-order valence-electron chi connectivity index (χ0n) is 19.6. The molecular weight excluding hydrogens is 468 g/mol. The molecule has 0 aromatic heterocycles. The first-order chi connectivity index (χ1) is 17.4. The lowest BCUT2D eigenvalue weighted by molar-refractivity contribution is -0.385. The number of carbonyl (C=O) groups excluding carboxylic acids is 2. The predicted molar refractivity (Wildman–Crippen MR) is 133 cm³/mol. The number of rotatable bonds is 11. The van der Waals surface area contributed by atoms with Crippen LogP contribution in [0.4, 0.5) is 11.4 Å². The SMILES string of the molecule is COc1cc(/C=N\NC(=O)COc2ccccc2[N+](=O)[O-])ccc1OCC(=O)Nc1ccc(C)cc1. The maximum Gasteiger partial charge on any atom is 0.310 e. The molecule has 0 heterocycles. The third kappa shape index (κ3) is 7.55. The Morgan fingerprint density at radius 2 is 1.64 bits per heavy atom. The third-order valence-corrected chi connectivity index (χ3v) is 4.71. The number of nitrogens with zero attached hydrogens (tertiary/aromatic N) is 2. The number of benzene rings is 3. The Labute approximate surface area is 206 Å². The molecule has 0 aliphatic rings. The van der Waals surface area contributed by atoms with Crippen LogP contribution in [0.25, 0.3) is 0 Å². The fourth-order valence-corrected chi connectivity index (χ4v) is 2.95. The van der Waals surface area contributed by atoms with Crippen LogP contribution in [-0.4, -0.2) is 43.3 Å². The number of aryl methyl sites for hydroxylation is 1. The Balaban J connectivity index is 1.50. The summed E-state index contributed by atoms with van der Waals surface area (Å²) in [5, 5.41) is 17.6. The van der Waals surface area contributed by atoms with Crippen molar-refractivity contribution >= 4 is 29.4 Å². The molecule has 11 heteroatoms. The molecule has 0 radical (unpaired) electrons. The molecule has 2 N–H and O–H groups in total. The lowest BCUT2D eigenvalue weighted by Crippen LogP contribution is -2.24. The molecule has 0 atom stereocenters. The quantitative estimate of drug-likeness (QED) is 0.237. The van der Waals surface area contributed by atoms with E-state index in [0.717, 1.165) is 5.56 Å². The number of methoxy groups -OCH3 is 1. The van der Waals surface area contributed by atoms with E-state index in [2.05, 4.69) is 15.8 Å². The van der Waals surface area contributed by atoms with E-state index in [1.54, 1.807) is 36.4 Å². The summed E-state index contributed by atoms with van der Waals surface area (Å²) in [5.41, 5.74) is 4.38. The van der Waals surface area contributed by atoms with E-state index in [4.69, 9.17) is 14.2 Å². The van der Waals surface area contributed by atoms with Crippen LogP contribution >= 0.6 is 0 Å². The smallest absolute Gasteiger partial charge is 0.310 e. The fraction of sp³-hybridized carbons (Fsp3) is 0.160. The molecule has 0 unspecified atom stereocenters. The van der Waals surface area contributed by atoms with Gasteiger partial charge in [0.25, 0.3) is 11.8 Å². The number of nitro benzene ring substituents is 1. The molecule has 3 aromatic carbocycles. The van der Waals surface area contributed by atoms with Crippen LogP contribution in [0.3, 0.4) is 0 Å². The van der Waals surface area contributed by atoms with Crippen LogP contribution < -0.4 is 25.0 Å². The Kier molecular flexibility index (Phi) is 8.93. The van der Waals surface area contributed by atoms with Crippen LogP contribution in [0.5, 0.6) is 17.2 Å². The highest BCUT2D eigenvalue weighted by Crippen LogP contribution is 2.28. The summed E-state index contributed by atoms with van der Waals surface area (Å²) in [6, 6.07) is 18.0. The number of nitrogens with one attached hydrogen (secondary N) is 2. The van der Waals surface area contributed by atoms with Gasteiger partial charge in [-0.05, 0) is 48.9 Å². The zero-order chi connectivity index (χ0) is 25.9. The minimum absolute atomic E-state index is 0.0190. The summed E-state index contributed by atoms with van der Waals surface area (Å²) in [6.07, 6.45) is 1.37. The van der Waals surface area contributed by atoms with Crippen LogP contribution in [0, 0.1) is 17.0 Å². The monoisotopic (exact) mass is 492 g/mol. The summed E-state index contributed by atoms with van der Waals surface area (Å²) in [4.78, 5) is 34.5. The summed E-state index contributed by atoms with van der Waals surface area (Å²) >= 11 is 0. The number of anilines is 1. The zero-order valence-corrected chi connectivity index (χ0v) is 19.6. The molecular formula is C25H24N4O7. The molecule has 36 heavy (non-hydrogen) atoms. The van der Waals surface area contributed by atoms with Crippen LogP contribution in [0.1, 0.15) is 11.1 Å². The number of carbonyl (C=O) groups is 2. The van der Waals surface area contributed by atoms with E-state index in [1.807, 2.05) is 19.1 Å². The number of amides is 2. The van der Waals surface area contributed by atoms with Gasteiger partial charge in [-0.25, -0.2) is 5.43 Å². The van der Waals surface area contributed by atoms with Crippen molar-refractivity contribution < 1.29 is 28.7 Å². The van der Waals surface area contributed by atoms with Crippen LogP contribution in [-0.2, 0) is 9.59 Å². The van der Waals surface area contributed by atoms with Gasteiger partial charge in [0.1, 0.15) is 0 Å². The van der Waals surface area contributed by atoms with Crippen molar-refractivity contribution in [2.45, 2.75) is 6.92 Å². The number of para-hydroxylation sites is 2. The topological polar surface area (TPSA) is 141 Å². The van der Waals surface area contributed by atoms with E-state index >= 15 is 0 Å². The molecule has 0 spiro atoms. The Morgan fingerprint density at radius 1 is 0.944 bits per heavy atom. The summed E-state index contributed by atoms with van der Waals surface area (Å²) < 4.78 is 16.1. The average molecular weight is 492 g/mol. The second kappa shape index (κ2) is 12.5. The van der Waals surface area contributed by atoms with Gasteiger partial charge in [-0.15, -0.1) is 0 Å². The molecule has 0 aliphatic carbocycles. The van der Waals surface area contributed by atoms with Gasteiger partial charge in [0.05, 0.1) is 18.2 Å². The van der Waals surface area contributed by atoms with Gasteiger partial charge in [0.15, 0.2) is 30.5 Å². The lowest BCUT2D eigenvalue weighted by atomic mass is 10.2. The number of hydrogen-bond acceptors (Lipinski definition) is 8. The normalized spacial score (nSPS) is 10.5. The van der Waals surface area contributed by atoms with Gasteiger partial charge in [-0.1, -0.05) is 29.8 Å². The fourth-order valence-electron chi connectivity index (χ4n) is 2.95. The van der Waals surface area contributed by atoms with Gasteiger partial charge >= 0.3 is 5.69 Å². The van der Waals surface area contributed by atoms with Crippen molar-refractivity contribution in [1.82, 2.24) is 5.43 Å². The highest BCUT2D eigenvalue weighted by atomic mass is 16.6. The first-order valence-electron chi connectivity index (χ1n) is 10.7. The molecule has 186 valence electrons. The van der Waals surface area contributed by atoms with Crippen LogP contribution in [0.15, 0.2) is 71.8 Å². The van der Waals surface area contributed by atoms with E-state index in [1.165, 1.54) is 31.5 Å². The van der Waals surface area contributed by atoms with E-state index in [-0.39, 0.29) is 24.0 Å². The summed E-state index contributed by atoms with van der Waals surface area (Å²) in [5.74, 6) is -0.216. The predicted octanol–water partition coefficient (Wildman–Crippen LogP) is 3.46. The minimum atomic E-state index is -0.601. The highest BCUT2D eigenvalue weighted by molar-refractivity contribution is 5.92. The van der Waals surface area contributed by atoms with Crippen molar-refractivity contribution in [1.29, 1.82) is 0 Å². The molecule has 11 nitrogen and oxygen atoms in total.